The third-order valence-electron chi connectivity index (χ3n) is 3.90. The second-order valence-corrected chi connectivity index (χ2v) is 7.02. The van der Waals surface area contributed by atoms with Crippen molar-refractivity contribution in [2.75, 3.05) is 57.3 Å². The highest BCUT2D eigenvalue weighted by atomic mass is 32.2. The fraction of sp³-hybridized carbons (Fsp3) is 1.00. The van der Waals surface area contributed by atoms with Crippen LogP contribution in [0.25, 0.3) is 0 Å². The van der Waals surface area contributed by atoms with Crippen LogP contribution in [0.3, 0.4) is 0 Å². The van der Waals surface area contributed by atoms with Crippen LogP contribution in [-0.2, 0) is 0 Å². The molecule has 0 amide bonds. The summed E-state index contributed by atoms with van der Waals surface area (Å²) in [7, 11) is 0. The zero-order chi connectivity index (χ0) is 12.1. The van der Waals surface area contributed by atoms with E-state index in [-0.39, 0.29) is 0 Å². The van der Waals surface area contributed by atoms with Crippen LogP contribution in [0.2, 0.25) is 0 Å². The number of piperazine rings is 1. The summed E-state index contributed by atoms with van der Waals surface area (Å²) >= 11 is 2.12. The minimum absolute atomic E-state index is 0.330. The summed E-state index contributed by atoms with van der Waals surface area (Å²) in [4.78, 5) is 5.32. The van der Waals surface area contributed by atoms with E-state index in [1.54, 1.807) is 0 Å². The van der Waals surface area contributed by atoms with Crippen molar-refractivity contribution in [3.05, 3.63) is 0 Å². The molecule has 0 aromatic heterocycles. The van der Waals surface area contributed by atoms with Gasteiger partial charge in [-0.3, -0.25) is 4.90 Å². The Labute approximate surface area is 110 Å². The maximum atomic E-state index is 3.44. The van der Waals surface area contributed by atoms with Gasteiger partial charge in [-0.25, -0.2) is 0 Å². The summed E-state index contributed by atoms with van der Waals surface area (Å²) < 4.78 is 0. The van der Waals surface area contributed by atoms with Crippen molar-refractivity contribution in [3.8, 4) is 0 Å². The normalized spacial score (nSPS) is 25.8. The third kappa shape index (κ3) is 4.12. The molecule has 2 rings (SSSR count). The number of hydrogen-bond donors (Lipinski definition) is 1. The highest BCUT2D eigenvalue weighted by Gasteiger charge is 2.29. The Bertz CT molecular complexity index is 219. The quantitative estimate of drug-likeness (QED) is 0.816. The van der Waals surface area contributed by atoms with E-state index in [0.29, 0.717) is 5.54 Å². The molecule has 0 bridgehead atoms. The number of rotatable bonds is 3. The highest BCUT2D eigenvalue weighted by molar-refractivity contribution is 7.99. The molecule has 0 aliphatic carbocycles. The molecule has 0 saturated carbocycles. The monoisotopic (exact) mass is 257 g/mol. The standard InChI is InChI=1S/C13H27N3S/c1-13(2,16-7-4-14-5-8-16)12-15-6-3-10-17-11-9-15/h14H,3-12H2,1-2H3. The van der Waals surface area contributed by atoms with Crippen molar-refractivity contribution in [1.29, 1.82) is 0 Å². The lowest BCUT2D eigenvalue weighted by Crippen LogP contribution is -2.57. The maximum absolute atomic E-state index is 3.44. The Morgan fingerprint density at radius 3 is 2.59 bits per heavy atom. The molecule has 2 heterocycles. The van der Waals surface area contributed by atoms with E-state index >= 15 is 0 Å². The van der Waals surface area contributed by atoms with Gasteiger partial charge in [0.1, 0.15) is 0 Å². The summed E-state index contributed by atoms with van der Waals surface area (Å²) in [6, 6.07) is 0. The second kappa shape index (κ2) is 6.41. The van der Waals surface area contributed by atoms with Crippen molar-refractivity contribution in [1.82, 2.24) is 15.1 Å². The van der Waals surface area contributed by atoms with Crippen LogP contribution in [-0.4, -0.2) is 72.7 Å². The number of hydrogen-bond acceptors (Lipinski definition) is 4. The molecule has 17 heavy (non-hydrogen) atoms. The molecule has 0 spiro atoms. The summed E-state index contributed by atoms with van der Waals surface area (Å²) in [6.45, 7) is 13.3. The summed E-state index contributed by atoms with van der Waals surface area (Å²) in [5.74, 6) is 2.67. The lowest BCUT2D eigenvalue weighted by Gasteiger charge is -2.43. The Kier molecular flexibility index (Phi) is 5.15. The molecule has 1 N–H and O–H groups in total. The predicted molar refractivity (Wildman–Crippen MR) is 76.9 cm³/mol. The van der Waals surface area contributed by atoms with Crippen LogP contribution >= 0.6 is 11.8 Å². The van der Waals surface area contributed by atoms with Crippen molar-refractivity contribution in [2.45, 2.75) is 25.8 Å². The first-order chi connectivity index (χ1) is 8.18. The lowest BCUT2D eigenvalue weighted by molar-refractivity contribution is 0.0657. The van der Waals surface area contributed by atoms with Crippen molar-refractivity contribution >= 4 is 11.8 Å². The molecule has 3 nitrogen and oxygen atoms in total. The van der Waals surface area contributed by atoms with Gasteiger partial charge in [0.05, 0.1) is 0 Å². The Balaban J connectivity index is 1.85. The molecule has 2 fully saturated rings. The Morgan fingerprint density at radius 1 is 1.06 bits per heavy atom. The Hall–Kier alpha value is 0.230. The van der Waals surface area contributed by atoms with E-state index < -0.39 is 0 Å². The van der Waals surface area contributed by atoms with Gasteiger partial charge in [0.15, 0.2) is 0 Å². The zero-order valence-corrected chi connectivity index (χ0v) is 12.2. The second-order valence-electron chi connectivity index (χ2n) is 5.79. The molecule has 0 aromatic carbocycles. The average Bonchev–Trinajstić information content (AvgIpc) is 2.58. The van der Waals surface area contributed by atoms with Crippen molar-refractivity contribution in [3.63, 3.8) is 0 Å². The summed E-state index contributed by atoms with van der Waals surface area (Å²) in [5, 5.41) is 3.44. The molecule has 2 aliphatic heterocycles. The molecule has 2 aliphatic rings. The van der Waals surface area contributed by atoms with Crippen LogP contribution in [0, 0.1) is 0 Å². The van der Waals surface area contributed by atoms with Gasteiger partial charge in [-0.15, -0.1) is 0 Å². The minimum atomic E-state index is 0.330. The molecule has 0 unspecified atom stereocenters. The molecule has 2 saturated heterocycles. The fourth-order valence-corrected chi connectivity index (χ4v) is 3.80. The molecular formula is C13H27N3S. The van der Waals surface area contributed by atoms with Crippen LogP contribution in [0.5, 0.6) is 0 Å². The summed E-state index contributed by atoms with van der Waals surface area (Å²) in [6.07, 6.45) is 1.36. The average molecular weight is 257 g/mol. The number of thioether (sulfide) groups is 1. The molecule has 0 radical (unpaired) electrons. The lowest BCUT2D eigenvalue weighted by atomic mass is 10.0. The van der Waals surface area contributed by atoms with Gasteiger partial charge in [-0.1, -0.05) is 0 Å². The zero-order valence-electron chi connectivity index (χ0n) is 11.4. The van der Waals surface area contributed by atoms with Gasteiger partial charge < -0.3 is 10.2 Å². The first-order valence-corrected chi connectivity index (χ1v) is 8.10. The highest BCUT2D eigenvalue weighted by Crippen LogP contribution is 2.19. The maximum Gasteiger partial charge on any atom is 0.0281 e. The fourth-order valence-electron chi connectivity index (χ4n) is 2.87. The van der Waals surface area contributed by atoms with Gasteiger partial charge >= 0.3 is 0 Å². The SMILES string of the molecule is CC(C)(CN1CCCSCC1)N1CCNCC1. The van der Waals surface area contributed by atoms with E-state index in [2.05, 4.69) is 40.7 Å². The van der Waals surface area contributed by atoms with E-state index in [9.17, 15) is 0 Å². The van der Waals surface area contributed by atoms with E-state index in [1.165, 1.54) is 50.7 Å². The van der Waals surface area contributed by atoms with Crippen molar-refractivity contribution in [2.24, 2.45) is 0 Å². The topological polar surface area (TPSA) is 18.5 Å². The molecule has 4 heteroatoms. The number of nitrogens with zero attached hydrogens (tertiary/aromatic N) is 2. The van der Waals surface area contributed by atoms with Gasteiger partial charge in [0.2, 0.25) is 0 Å². The van der Waals surface area contributed by atoms with E-state index in [4.69, 9.17) is 0 Å². The van der Waals surface area contributed by atoms with Crippen molar-refractivity contribution < 1.29 is 0 Å². The molecule has 0 aromatic rings. The van der Waals surface area contributed by atoms with Crippen LogP contribution in [0.4, 0.5) is 0 Å². The van der Waals surface area contributed by atoms with Gasteiger partial charge in [-0.05, 0) is 32.6 Å². The largest absolute Gasteiger partial charge is 0.314 e. The van der Waals surface area contributed by atoms with Gasteiger partial charge in [-0.2, -0.15) is 11.8 Å². The molecular weight excluding hydrogens is 230 g/mol. The first-order valence-electron chi connectivity index (χ1n) is 6.94. The van der Waals surface area contributed by atoms with Gasteiger partial charge in [0.25, 0.3) is 0 Å². The third-order valence-corrected chi connectivity index (χ3v) is 4.95. The van der Waals surface area contributed by atoms with Gasteiger partial charge in [0, 0.05) is 50.6 Å². The van der Waals surface area contributed by atoms with Crippen LogP contribution < -0.4 is 5.32 Å². The van der Waals surface area contributed by atoms with E-state index in [1.807, 2.05) is 0 Å². The number of nitrogens with one attached hydrogen (secondary N) is 1. The minimum Gasteiger partial charge on any atom is -0.314 e. The smallest absolute Gasteiger partial charge is 0.0281 e. The molecule has 0 atom stereocenters. The first kappa shape index (κ1) is 13.7. The van der Waals surface area contributed by atoms with E-state index in [0.717, 1.165) is 13.1 Å². The predicted octanol–water partition coefficient (Wildman–Crippen LogP) is 1.11. The Morgan fingerprint density at radius 2 is 1.82 bits per heavy atom. The van der Waals surface area contributed by atoms with Crippen LogP contribution in [0.1, 0.15) is 20.3 Å². The molecule has 100 valence electrons. The summed E-state index contributed by atoms with van der Waals surface area (Å²) in [5.41, 5.74) is 0.330. The van der Waals surface area contributed by atoms with Crippen LogP contribution in [0.15, 0.2) is 0 Å².